The van der Waals surface area contributed by atoms with Crippen molar-refractivity contribution >= 4 is 17.0 Å². The number of rotatable bonds is 5. The standard InChI is InChI=1S/C9H16N2OS/c1-7(6-12)4-11-5-9-8(10)2-3-13-9/h2-3,7,11-12H,4-6,10H2,1H3. The highest BCUT2D eigenvalue weighted by molar-refractivity contribution is 7.10. The molecular weight excluding hydrogens is 184 g/mol. The van der Waals surface area contributed by atoms with E-state index in [0.29, 0.717) is 5.92 Å². The van der Waals surface area contributed by atoms with Crippen LogP contribution in [0.25, 0.3) is 0 Å². The van der Waals surface area contributed by atoms with Crippen molar-refractivity contribution < 1.29 is 5.11 Å². The molecule has 0 saturated carbocycles. The molecule has 1 atom stereocenters. The van der Waals surface area contributed by atoms with Crippen LogP contribution in [0.4, 0.5) is 5.69 Å². The summed E-state index contributed by atoms with van der Waals surface area (Å²) in [7, 11) is 0. The molecule has 0 spiro atoms. The molecule has 0 aliphatic carbocycles. The van der Waals surface area contributed by atoms with Gasteiger partial charge in [0.15, 0.2) is 0 Å². The summed E-state index contributed by atoms with van der Waals surface area (Å²) in [6, 6.07) is 1.91. The Kier molecular flexibility index (Phi) is 4.21. The van der Waals surface area contributed by atoms with Crippen molar-refractivity contribution in [2.45, 2.75) is 13.5 Å². The maximum atomic E-state index is 8.78. The zero-order valence-corrected chi connectivity index (χ0v) is 8.60. The molecule has 1 aromatic rings. The van der Waals surface area contributed by atoms with Crippen LogP contribution in [0.15, 0.2) is 11.4 Å². The lowest BCUT2D eigenvalue weighted by Gasteiger charge is -2.08. The van der Waals surface area contributed by atoms with E-state index >= 15 is 0 Å². The third-order valence-electron chi connectivity index (χ3n) is 1.87. The highest BCUT2D eigenvalue weighted by Crippen LogP contribution is 2.17. The first-order valence-electron chi connectivity index (χ1n) is 4.37. The number of anilines is 1. The van der Waals surface area contributed by atoms with E-state index in [9.17, 15) is 0 Å². The molecule has 0 amide bonds. The molecule has 74 valence electrons. The van der Waals surface area contributed by atoms with E-state index < -0.39 is 0 Å². The van der Waals surface area contributed by atoms with Crippen LogP contribution in [0.3, 0.4) is 0 Å². The van der Waals surface area contributed by atoms with E-state index in [1.807, 2.05) is 18.4 Å². The fourth-order valence-electron chi connectivity index (χ4n) is 0.991. The van der Waals surface area contributed by atoms with E-state index in [0.717, 1.165) is 18.8 Å². The Hall–Kier alpha value is -0.580. The quantitative estimate of drug-likeness (QED) is 0.666. The van der Waals surface area contributed by atoms with Crippen LogP contribution in [0.2, 0.25) is 0 Å². The summed E-state index contributed by atoms with van der Waals surface area (Å²) in [5, 5.41) is 14.0. The summed E-state index contributed by atoms with van der Waals surface area (Å²) < 4.78 is 0. The minimum atomic E-state index is 0.229. The van der Waals surface area contributed by atoms with Crippen LogP contribution >= 0.6 is 11.3 Å². The number of nitrogens with one attached hydrogen (secondary N) is 1. The average Bonchev–Trinajstić information content (AvgIpc) is 2.52. The SMILES string of the molecule is CC(CO)CNCc1sccc1N. The number of hydrogen-bond acceptors (Lipinski definition) is 4. The van der Waals surface area contributed by atoms with E-state index in [1.165, 1.54) is 4.88 Å². The van der Waals surface area contributed by atoms with Crippen molar-refractivity contribution in [3.8, 4) is 0 Å². The van der Waals surface area contributed by atoms with E-state index in [4.69, 9.17) is 10.8 Å². The lowest BCUT2D eigenvalue weighted by molar-refractivity contribution is 0.234. The maximum absolute atomic E-state index is 8.78. The van der Waals surface area contributed by atoms with Gasteiger partial charge in [-0.05, 0) is 17.4 Å². The zero-order valence-electron chi connectivity index (χ0n) is 7.79. The van der Waals surface area contributed by atoms with Gasteiger partial charge in [-0.2, -0.15) is 0 Å². The van der Waals surface area contributed by atoms with Gasteiger partial charge in [0.1, 0.15) is 0 Å². The highest BCUT2D eigenvalue weighted by Gasteiger charge is 2.02. The fraction of sp³-hybridized carbons (Fsp3) is 0.556. The molecule has 0 aliphatic heterocycles. The number of thiophene rings is 1. The van der Waals surface area contributed by atoms with E-state index in [-0.39, 0.29) is 6.61 Å². The van der Waals surface area contributed by atoms with Crippen molar-refractivity contribution in [2.75, 3.05) is 18.9 Å². The Morgan fingerprint density at radius 3 is 3.00 bits per heavy atom. The lowest BCUT2D eigenvalue weighted by atomic mass is 10.2. The number of hydrogen-bond donors (Lipinski definition) is 3. The fourth-order valence-corrected chi connectivity index (χ4v) is 1.76. The van der Waals surface area contributed by atoms with E-state index in [2.05, 4.69) is 5.32 Å². The first kappa shape index (κ1) is 10.5. The van der Waals surface area contributed by atoms with Crippen molar-refractivity contribution in [1.82, 2.24) is 5.32 Å². The molecule has 13 heavy (non-hydrogen) atoms. The first-order valence-corrected chi connectivity index (χ1v) is 5.25. The van der Waals surface area contributed by atoms with Gasteiger partial charge in [-0.15, -0.1) is 11.3 Å². The minimum Gasteiger partial charge on any atom is -0.398 e. The van der Waals surface area contributed by atoms with Crippen molar-refractivity contribution in [3.63, 3.8) is 0 Å². The lowest BCUT2D eigenvalue weighted by Crippen LogP contribution is -2.22. The van der Waals surface area contributed by atoms with Gasteiger partial charge in [0.25, 0.3) is 0 Å². The third-order valence-corrected chi connectivity index (χ3v) is 2.81. The molecule has 0 fully saturated rings. The molecule has 0 bridgehead atoms. The summed E-state index contributed by atoms with van der Waals surface area (Å²) in [6.07, 6.45) is 0. The van der Waals surface area contributed by atoms with Crippen LogP contribution in [-0.2, 0) is 6.54 Å². The second kappa shape index (κ2) is 5.21. The molecule has 4 N–H and O–H groups in total. The molecule has 1 rings (SSSR count). The predicted molar refractivity (Wildman–Crippen MR) is 56.7 cm³/mol. The van der Waals surface area contributed by atoms with Gasteiger partial charge in [0.2, 0.25) is 0 Å². The summed E-state index contributed by atoms with van der Waals surface area (Å²) >= 11 is 1.66. The van der Waals surface area contributed by atoms with E-state index in [1.54, 1.807) is 11.3 Å². The van der Waals surface area contributed by atoms with Gasteiger partial charge in [0, 0.05) is 30.3 Å². The van der Waals surface area contributed by atoms with Crippen LogP contribution in [0.5, 0.6) is 0 Å². The Labute approximate surface area is 82.6 Å². The molecule has 0 radical (unpaired) electrons. The van der Waals surface area contributed by atoms with Gasteiger partial charge in [-0.3, -0.25) is 0 Å². The zero-order chi connectivity index (χ0) is 9.68. The van der Waals surface area contributed by atoms with Crippen molar-refractivity contribution in [3.05, 3.63) is 16.3 Å². The van der Waals surface area contributed by atoms with Crippen LogP contribution in [-0.4, -0.2) is 18.3 Å². The van der Waals surface area contributed by atoms with Gasteiger partial charge in [-0.25, -0.2) is 0 Å². The normalized spacial score (nSPS) is 13.1. The molecule has 0 aliphatic rings. The molecule has 4 heteroatoms. The third kappa shape index (κ3) is 3.34. The Morgan fingerprint density at radius 2 is 2.46 bits per heavy atom. The Morgan fingerprint density at radius 1 is 1.69 bits per heavy atom. The summed E-state index contributed by atoms with van der Waals surface area (Å²) in [6.45, 7) is 3.86. The highest BCUT2D eigenvalue weighted by atomic mass is 32.1. The predicted octanol–water partition coefficient (Wildman–Crippen LogP) is 1.05. The summed E-state index contributed by atoms with van der Waals surface area (Å²) in [5.74, 6) is 0.307. The monoisotopic (exact) mass is 200 g/mol. The molecule has 1 unspecified atom stereocenters. The number of aliphatic hydroxyl groups is 1. The van der Waals surface area contributed by atoms with Gasteiger partial charge < -0.3 is 16.2 Å². The molecule has 3 nitrogen and oxygen atoms in total. The van der Waals surface area contributed by atoms with Crippen molar-refractivity contribution in [2.24, 2.45) is 5.92 Å². The average molecular weight is 200 g/mol. The van der Waals surface area contributed by atoms with Crippen LogP contribution < -0.4 is 11.1 Å². The van der Waals surface area contributed by atoms with Gasteiger partial charge in [0.05, 0.1) is 0 Å². The van der Waals surface area contributed by atoms with Crippen molar-refractivity contribution in [1.29, 1.82) is 0 Å². The second-order valence-electron chi connectivity index (χ2n) is 3.22. The second-order valence-corrected chi connectivity index (χ2v) is 4.22. The van der Waals surface area contributed by atoms with Crippen LogP contribution in [0, 0.1) is 5.92 Å². The Balaban J connectivity index is 2.24. The maximum Gasteiger partial charge on any atom is 0.0468 e. The summed E-state index contributed by atoms with van der Waals surface area (Å²) in [4.78, 5) is 1.17. The molecule has 1 heterocycles. The number of nitrogen functional groups attached to an aromatic ring is 1. The topological polar surface area (TPSA) is 58.3 Å². The minimum absolute atomic E-state index is 0.229. The molecule has 0 saturated heterocycles. The molecule has 0 aromatic carbocycles. The number of nitrogens with two attached hydrogens (primary N) is 1. The first-order chi connectivity index (χ1) is 6.24. The van der Waals surface area contributed by atoms with Gasteiger partial charge >= 0.3 is 0 Å². The number of aliphatic hydroxyl groups excluding tert-OH is 1. The largest absolute Gasteiger partial charge is 0.398 e. The summed E-state index contributed by atoms with van der Waals surface area (Å²) in [5.41, 5.74) is 6.57. The van der Waals surface area contributed by atoms with Crippen LogP contribution in [0.1, 0.15) is 11.8 Å². The molecular formula is C9H16N2OS. The molecule has 1 aromatic heterocycles. The smallest absolute Gasteiger partial charge is 0.0468 e. The van der Waals surface area contributed by atoms with Gasteiger partial charge in [-0.1, -0.05) is 6.92 Å². The Bertz CT molecular complexity index is 250.